The Balaban J connectivity index is 2.87. The van der Waals surface area contributed by atoms with Crippen molar-refractivity contribution in [3.8, 4) is 0 Å². The van der Waals surface area contributed by atoms with Gasteiger partial charge in [-0.3, -0.25) is 4.79 Å². The molecule has 130 valence electrons. The van der Waals surface area contributed by atoms with E-state index in [-0.39, 0.29) is 10.8 Å². The summed E-state index contributed by atoms with van der Waals surface area (Å²) >= 11 is 0. The molecule has 23 heavy (non-hydrogen) atoms. The number of rotatable bonds is 10. The van der Waals surface area contributed by atoms with Crippen molar-refractivity contribution in [2.75, 3.05) is 19.6 Å². The maximum Gasteiger partial charge on any atom is 0.251 e. The largest absolute Gasteiger partial charge is 0.352 e. The third-order valence-electron chi connectivity index (χ3n) is 3.52. The molecule has 1 amide bonds. The minimum absolute atomic E-state index is 0.165. The molecule has 0 radical (unpaired) electrons. The molecule has 0 bridgehead atoms. The number of benzene rings is 1. The molecule has 0 spiro atoms. The maximum atomic E-state index is 12.6. The Morgan fingerprint density at radius 2 is 1.57 bits per heavy atom. The second kappa shape index (κ2) is 9.67. The van der Waals surface area contributed by atoms with E-state index in [0.717, 1.165) is 25.7 Å². The summed E-state index contributed by atoms with van der Waals surface area (Å²) in [5.74, 6) is -0.165. The van der Waals surface area contributed by atoms with Crippen LogP contribution in [0.25, 0.3) is 0 Å². The molecule has 0 aliphatic heterocycles. The van der Waals surface area contributed by atoms with Gasteiger partial charge in [-0.15, -0.1) is 0 Å². The van der Waals surface area contributed by atoms with Crippen molar-refractivity contribution in [2.45, 2.75) is 51.3 Å². The monoisotopic (exact) mass is 340 g/mol. The zero-order valence-electron chi connectivity index (χ0n) is 14.3. The van der Waals surface area contributed by atoms with E-state index >= 15 is 0 Å². The predicted molar refractivity (Wildman–Crippen MR) is 93.0 cm³/mol. The molecule has 0 aliphatic rings. The number of nitrogens with one attached hydrogen (secondary N) is 1. The SMILES string of the molecule is CCCCNC(=O)c1ccc(S(=O)(=O)N(CCC)CCC)cc1. The number of hydrogen-bond donors (Lipinski definition) is 1. The van der Waals surface area contributed by atoms with Gasteiger partial charge in [-0.2, -0.15) is 4.31 Å². The zero-order chi connectivity index (χ0) is 17.3. The minimum Gasteiger partial charge on any atom is -0.352 e. The predicted octanol–water partition coefficient (Wildman–Crippen LogP) is 3.03. The van der Waals surface area contributed by atoms with Gasteiger partial charge in [0.1, 0.15) is 0 Å². The minimum atomic E-state index is -3.49. The highest BCUT2D eigenvalue weighted by molar-refractivity contribution is 7.89. The highest BCUT2D eigenvalue weighted by atomic mass is 32.2. The number of nitrogens with zero attached hydrogens (tertiary/aromatic N) is 1. The van der Waals surface area contributed by atoms with Crippen LogP contribution in [0.15, 0.2) is 29.2 Å². The van der Waals surface area contributed by atoms with Crippen molar-refractivity contribution in [3.63, 3.8) is 0 Å². The molecule has 0 heterocycles. The molecular formula is C17H28N2O3S. The van der Waals surface area contributed by atoms with Gasteiger partial charge >= 0.3 is 0 Å². The van der Waals surface area contributed by atoms with Crippen molar-refractivity contribution in [2.24, 2.45) is 0 Å². The summed E-state index contributed by atoms with van der Waals surface area (Å²) in [5.41, 5.74) is 0.484. The molecule has 1 N–H and O–H groups in total. The molecule has 0 saturated carbocycles. The van der Waals surface area contributed by atoms with E-state index < -0.39 is 10.0 Å². The fraction of sp³-hybridized carbons (Fsp3) is 0.588. The molecule has 0 aromatic heterocycles. The van der Waals surface area contributed by atoms with Crippen molar-refractivity contribution < 1.29 is 13.2 Å². The molecular weight excluding hydrogens is 312 g/mol. The molecule has 0 unspecified atom stereocenters. The zero-order valence-corrected chi connectivity index (χ0v) is 15.2. The van der Waals surface area contributed by atoms with Crippen LogP contribution in [0.4, 0.5) is 0 Å². The van der Waals surface area contributed by atoms with Crippen LogP contribution in [0.3, 0.4) is 0 Å². The lowest BCUT2D eigenvalue weighted by atomic mass is 10.2. The Kier molecular flexibility index (Phi) is 8.26. The molecule has 5 nitrogen and oxygen atoms in total. The first-order valence-electron chi connectivity index (χ1n) is 8.35. The van der Waals surface area contributed by atoms with E-state index in [9.17, 15) is 13.2 Å². The van der Waals surface area contributed by atoms with Gasteiger partial charge in [0.05, 0.1) is 4.90 Å². The Morgan fingerprint density at radius 3 is 2.04 bits per heavy atom. The Morgan fingerprint density at radius 1 is 1.00 bits per heavy atom. The summed E-state index contributed by atoms with van der Waals surface area (Å²) in [6, 6.07) is 6.18. The molecule has 0 fully saturated rings. The van der Waals surface area contributed by atoms with E-state index in [2.05, 4.69) is 12.2 Å². The smallest absolute Gasteiger partial charge is 0.251 e. The normalized spacial score (nSPS) is 11.7. The Bertz CT molecular complexity index is 576. The molecule has 1 aromatic rings. The van der Waals surface area contributed by atoms with Crippen LogP contribution < -0.4 is 5.32 Å². The third kappa shape index (κ3) is 5.62. The van der Waals surface area contributed by atoms with Crippen LogP contribution in [0.2, 0.25) is 0 Å². The van der Waals surface area contributed by atoms with Gasteiger partial charge < -0.3 is 5.32 Å². The number of carbonyl (C=O) groups is 1. The average Bonchev–Trinajstić information content (AvgIpc) is 2.55. The first kappa shape index (κ1) is 19.6. The van der Waals surface area contributed by atoms with Crippen LogP contribution in [-0.4, -0.2) is 38.3 Å². The summed E-state index contributed by atoms with van der Waals surface area (Å²) in [4.78, 5) is 12.2. The average molecular weight is 340 g/mol. The van der Waals surface area contributed by atoms with Gasteiger partial charge in [0.15, 0.2) is 0 Å². The summed E-state index contributed by atoms with van der Waals surface area (Å²) < 4.78 is 26.8. The van der Waals surface area contributed by atoms with Gasteiger partial charge in [-0.05, 0) is 43.5 Å². The van der Waals surface area contributed by atoms with Crippen molar-refractivity contribution >= 4 is 15.9 Å². The number of carbonyl (C=O) groups excluding carboxylic acids is 1. The first-order chi connectivity index (χ1) is 11.0. The lowest BCUT2D eigenvalue weighted by Gasteiger charge is -2.21. The number of unbranched alkanes of at least 4 members (excludes halogenated alkanes) is 1. The van der Waals surface area contributed by atoms with E-state index in [0.29, 0.717) is 25.2 Å². The highest BCUT2D eigenvalue weighted by Gasteiger charge is 2.23. The third-order valence-corrected chi connectivity index (χ3v) is 5.43. The van der Waals surface area contributed by atoms with E-state index in [1.54, 1.807) is 12.1 Å². The maximum absolute atomic E-state index is 12.6. The molecule has 1 aromatic carbocycles. The van der Waals surface area contributed by atoms with Crippen LogP contribution >= 0.6 is 0 Å². The van der Waals surface area contributed by atoms with Gasteiger partial charge in [0.25, 0.3) is 5.91 Å². The lowest BCUT2D eigenvalue weighted by molar-refractivity contribution is 0.0953. The molecule has 1 rings (SSSR count). The summed E-state index contributed by atoms with van der Waals surface area (Å²) in [5, 5.41) is 2.82. The molecule has 6 heteroatoms. The number of sulfonamides is 1. The quantitative estimate of drug-likeness (QED) is 0.666. The fourth-order valence-corrected chi connectivity index (χ4v) is 3.88. The molecule has 0 atom stereocenters. The standard InChI is InChI=1S/C17H28N2O3S/c1-4-7-12-18-17(20)15-8-10-16(11-9-15)23(21,22)19(13-5-2)14-6-3/h8-11H,4-7,12-14H2,1-3H3,(H,18,20). The van der Waals surface area contributed by atoms with Crippen LogP contribution in [0, 0.1) is 0 Å². The van der Waals surface area contributed by atoms with Crippen molar-refractivity contribution in [1.29, 1.82) is 0 Å². The van der Waals surface area contributed by atoms with Crippen LogP contribution in [-0.2, 0) is 10.0 Å². The Labute approximate surface area is 140 Å². The van der Waals surface area contributed by atoms with Gasteiger partial charge in [-0.25, -0.2) is 8.42 Å². The van der Waals surface area contributed by atoms with Gasteiger partial charge in [0.2, 0.25) is 10.0 Å². The second-order valence-electron chi connectivity index (χ2n) is 5.54. The first-order valence-corrected chi connectivity index (χ1v) is 9.79. The second-order valence-corrected chi connectivity index (χ2v) is 7.48. The van der Waals surface area contributed by atoms with E-state index in [4.69, 9.17) is 0 Å². The summed E-state index contributed by atoms with van der Waals surface area (Å²) in [6.45, 7) is 7.63. The number of amides is 1. The topological polar surface area (TPSA) is 66.5 Å². The van der Waals surface area contributed by atoms with E-state index in [1.807, 2.05) is 13.8 Å². The number of hydrogen-bond acceptors (Lipinski definition) is 3. The molecule has 0 aliphatic carbocycles. The lowest BCUT2D eigenvalue weighted by Crippen LogP contribution is -2.32. The van der Waals surface area contributed by atoms with Crippen LogP contribution in [0.1, 0.15) is 56.8 Å². The summed E-state index contributed by atoms with van der Waals surface area (Å²) in [7, 11) is -3.49. The van der Waals surface area contributed by atoms with E-state index in [1.165, 1.54) is 16.4 Å². The van der Waals surface area contributed by atoms with Crippen molar-refractivity contribution in [3.05, 3.63) is 29.8 Å². The summed E-state index contributed by atoms with van der Waals surface area (Å²) in [6.07, 6.45) is 3.50. The van der Waals surface area contributed by atoms with Gasteiger partial charge in [-0.1, -0.05) is 27.2 Å². The Hall–Kier alpha value is -1.40. The van der Waals surface area contributed by atoms with Crippen LogP contribution in [0.5, 0.6) is 0 Å². The molecule has 0 saturated heterocycles. The fourth-order valence-electron chi connectivity index (χ4n) is 2.26. The highest BCUT2D eigenvalue weighted by Crippen LogP contribution is 2.17. The van der Waals surface area contributed by atoms with Gasteiger partial charge in [0, 0.05) is 25.2 Å². The van der Waals surface area contributed by atoms with Crippen molar-refractivity contribution in [1.82, 2.24) is 9.62 Å².